The minimum atomic E-state index is -5.19. The number of methoxy groups -OCH3 is 1. The van der Waals surface area contributed by atoms with Crippen LogP contribution in [0.25, 0.3) is 10.9 Å². The first-order valence-electron chi connectivity index (χ1n) is 53.1. The lowest BCUT2D eigenvalue weighted by atomic mass is 9.95. The third kappa shape index (κ3) is 40.8. The number of aryl methyl sites for hydroxylation is 1. The molecule has 37 nitrogen and oxygen atoms in total. The Morgan fingerprint density at radius 1 is 0.607 bits per heavy atom. The predicted octanol–water partition coefficient (Wildman–Crippen LogP) is 7.51. The second-order valence-corrected chi connectivity index (χ2v) is 40.7. The molecule has 7 heterocycles. The number of likely N-dealkylation sites (N-methyl/N-ethyl adjacent to an activating group) is 1. The van der Waals surface area contributed by atoms with Crippen molar-refractivity contribution in [3.63, 3.8) is 0 Å². The number of nitrogens with one attached hydrogen (secondary N) is 9. The smallest absolute Gasteiger partial charge is 0.430 e. The van der Waals surface area contributed by atoms with Gasteiger partial charge in [0.15, 0.2) is 0 Å². The molecule has 1 aromatic heterocycles. The van der Waals surface area contributed by atoms with Crippen molar-refractivity contribution in [2.45, 2.75) is 331 Å². The number of amides is 12. The second kappa shape index (κ2) is 61.8. The van der Waals surface area contributed by atoms with Gasteiger partial charge in [0.2, 0.25) is 76.7 Å². The third-order valence-corrected chi connectivity index (χ3v) is 28.0. The van der Waals surface area contributed by atoms with Gasteiger partial charge in [-0.3, -0.25) is 71.9 Å². The Hall–Kier alpha value is -12.3. The zero-order chi connectivity index (χ0) is 109. The summed E-state index contributed by atoms with van der Waals surface area (Å²) in [6.07, 6.45) is 12.8. The van der Waals surface area contributed by atoms with Crippen LogP contribution in [0.2, 0.25) is 0 Å². The van der Waals surface area contributed by atoms with Gasteiger partial charge in [-0.05, 0) is 162 Å². The number of alkyl halides is 3. The van der Waals surface area contributed by atoms with Crippen molar-refractivity contribution in [3.05, 3.63) is 136 Å². The fourth-order valence-corrected chi connectivity index (χ4v) is 19.5. The van der Waals surface area contributed by atoms with Gasteiger partial charge in [-0.2, -0.15) is 13.2 Å². The lowest BCUT2D eigenvalue weighted by Gasteiger charge is -2.37. The highest BCUT2D eigenvalue weighted by Gasteiger charge is 2.50. The number of aromatic nitrogens is 1. The first-order valence-corrected chi connectivity index (χ1v) is 53.1. The topological polar surface area (TPSA) is 496 Å². The van der Waals surface area contributed by atoms with Gasteiger partial charge in [0.1, 0.15) is 90.9 Å². The molecule has 0 radical (unpaired) electrons. The summed E-state index contributed by atoms with van der Waals surface area (Å²) in [4.78, 5) is 230. The fraction of sp³-hybridized carbons (Fsp3) is 0.615. The minimum absolute atomic E-state index is 0.0120. The molecular weight excluding hydrogens is 1950 g/mol. The van der Waals surface area contributed by atoms with Gasteiger partial charge in [0, 0.05) is 127 Å². The van der Waals surface area contributed by atoms with E-state index in [9.17, 15) is 61.4 Å². The molecule has 5 aromatic rings. The van der Waals surface area contributed by atoms with E-state index in [1.54, 1.807) is 72.6 Å². The average Bonchev–Trinajstić information content (AvgIpc) is 1.63. The normalized spacial score (nSPS) is 21.5. The molecular formula is C109H154F4N14O23. The number of nitrogens with zero attached hydrogens (tertiary/aromatic N) is 5. The van der Waals surface area contributed by atoms with Crippen LogP contribution in [0, 0.1) is 5.82 Å². The number of hydrogen-bond acceptors (Lipinski definition) is 22. The number of carbonyl (C=O) groups is 16. The van der Waals surface area contributed by atoms with Crippen molar-refractivity contribution >= 4 is 105 Å². The first kappa shape index (κ1) is 121. The summed E-state index contributed by atoms with van der Waals surface area (Å²) in [6.45, 7) is 6.09. The van der Waals surface area contributed by atoms with Crippen molar-refractivity contribution in [2.75, 3.05) is 100 Å². The molecule has 2 fully saturated rings. The van der Waals surface area contributed by atoms with E-state index in [2.05, 4.69) is 47.9 Å². The van der Waals surface area contributed by atoms with Gasteiger partial charge in [-0.25, -0.2) is 4.39 Å². The van der Waals surface area contributed by atoms with E-state index in [1.807, 2.05) is 42.9 Å². The van der Waals surface area contributed by atoms with E-state index in [-0.39, 0.29) is 153 Å². The molecule has 0 saturated carbocycles. The highest BCUT2D eigenvalue weighted by Crippen LogP contribution is 2.34. The van der Waals surface area contributed by atoms with Crippen molar-refractivity contribution < 1.29 is 133 Å². The SMILES string of the molecule is COc1ccc(C[C@@H]2NC(=O)[C@H]([C@@H](C)O)NC(=O)[C@@H]3[C@@H]4CCN3C(=O)[C@@H]3Cc5cn(c6ccc(F)cc56)CCCCCCN(Cc5ccc(cc5)CCNC(=O)[C@]5(C)CCCN5C2=O)C(=O)CCC(=O)N[C@@H](C)C(=O)N[C@H](CCC(=O)CCCCC[N+](C)(C)CC(=O)COCCOCCNC(=O)CCCCCCCCCCCCCCCCC(=O)O)C(=O)N[C@@H](Cc2cccc(c2)CNC(=O)CO4)C(=O)N3)cc1.O=C([O-])C(F)(F)F. The van der Waals surface area contributed by atoms with E-state index >= 15 is 33.2 Å². The fourth-order valence-electron chi connectivity index (χ4n) is 19.5. The second-order valence-electron chi connectivity index (χ2n) is 40.7. The number of aliphatic hydroxyl groups is 1. The zero-order valence-corrected chi connectivity index (χ0v) is 87.5. The third-order valence-electron chi connectivity index (χ3n) is 28.0. The highest BCUT2D eigenvalue weighted by atomic mass is 19.4. The number of ketones is 2. The first-order chi connectivity index (χ1) is 71.7. The number of quaternary nitrogens is 1. The number of halogens is 4. The Morgan fingerprint density at radius 3 is 1.91 bits per heavy atom. The molecule has 2 saturated heterocycles. The largest absolute Gasteiger partial charge is 0.542 e. The Labute approximate surface area is 874 Å². The summed E-state index contributed by atoms with van der Waals surface area (Å²) >= 11 is 0. The molecule has 12 amide bonds. The lowest BCUT2D eigenvalue weighted by molar-refractivity contribution is -0.882. The number of rotatable bonds is 40. The van der Waals surface area contributed by atoms with E-state index in [1.165, 1.54) is 89.4 Å². The summed E-state index contributed by atoms with van der Waals surface area (Å²) in [5.74, 6) is -12.8. The van der Waals surface area contributed by atoms with Crippen molar-refractivity contribution in [3.8, 4) is 5.75 Å². The van der Waals surface area contributed by atoms with E-state index in [4.69, 9.17) is 34.0 Å². The van der Waals surface area contributed by atoms with Crippen LogP contribution in [0.5, 0.6) is 5.75 Å². The molecule has 0 unspecified atom stereocenters. The van der Waals surface area contributed by atoms with Gasteiger partial charge in [-0.1, -0.05) is 151 Å². The number of hydrogen-bond donors (Lipinski definition) is 11. The molecule has 0 aliphatic carbocycles. The standard InChI is InChI=1S/C107H153FN14O21.C2HF3O2/c1-73-99(132)113-86(45-42-82(124)32-22-21-27-58-122(4,5)70-83(125)71-142-61-60-141-59-53-109-92(126)33-23-17-15-13-11-9-7-8-10-12-14-16-18-24-34-96(130)131)100(133)114-87-64-78-30-28-31-79(62-78)67-111-94(128)72-143-91-50-57-120-98(91)103(136)117-97(74(2)123)102(135)116-88(63-76-39-43-84(140-6)44-40-76)105(138)121-56-29-51-107(121,3)106(139)110-52-49-75-35-37-77(38-36-75)68-119(95(129)48-47-93(127)112-73)55-26-20-19-25-54-118-69-80(65-89(104(120)137)115-101(87)134)85-66-81(108)41-46-90(85)118;3-2(4,5)1(6)7/h28,30-31,35-41,43-44,46,62,66,69,73-74,86-89,91,97-98,123H,7-27,29,32-34,42,45,47-61,63-65,67-68,70-72H2,1-6H3,(H9-,109,110,111,112,113,114,115,116,117,126,127,128,130,131,132,133,134,135,136,139);(H,6,7)/t73-,74+,86+,87-,88-,89-,91-,97-,98-,107-;/m0./s1. The number of fused-ring (bicyclic) bond motifs is 16. The molecule has 150 heavy (non-hydrogen) atoms. The minimum Gasteiger partial charge on any atom is -0.542 e. The maximum atomic E-state index is 16.4. The summed E-state index contributed by atoms with van der Waals surface area (Å²) < 4.78 is 72.9. The Kier molecular flexibility index (Phi) is 50.0. The molecule has 41 heteroatoms. The number of carboxylic acids is 2. The van der Waals surface area contributed by atoms with Crippen LogP contribution in [-0.4, -0.2) is 295 Å². The molecule has 826 valence electrons. The Balaban J connectivity index is 0.00000344. The van der Waals surface area contributed by atoms with Crippen molar-refractivity contribution in [2.24, 2.45) is 0 Å². The number of carboxylic acid groups (broad SMARTS) is 2. The van der Waals surface area contributed by atoms with Crippen LogP contribution in [0.4, 0.5) is 17.6 Å². The van der Waals surface area contributed by atoms with Gasteiger partial charge in [-0.15, -0.1) is 0 Å². The summed E-state index contributed by atoms with van der Waals surface area (Å²) in [6, 6.07) is 13.9. The molecule has 0 spiro atoms. The number of benzene rings is 4. The molecule has 11 rings (SSSR count). The molecule has 6 aliphatic rings. The monoisotopic (exact) mass is 2100 g/mol. The average molecular weight is 2100 g/mol. The summed E-state index contributed by atoms with van der Waals surface area (Å²) in [5, 5.41) is 55.1. The summed E-state index contributed by atoms with van der Waals surface area (Å²) in [7, 11) is 5.34. The Morgan fingerprint density at radius 2 is 1.24 bits per heavy atom. The number of carbonyl (C=O) groups excluding carboxylic acids is 15. The lowest BCUT2D eigenvalue weighted by Crippen LogP contribution is -2.64. The predicted molar refractivity (Wildman–Crippen MR) is 545 cm³/mol. The number of Topliss-reactive ketones (excluding diaryl/α,β-unsaturated/α-hetero) is 2. The van der Waals surface area contributed by atoms with E-state index in [0.717, 1.165) is 54.6 Å². The van der Waals surface area contributed by atoms with Gasteiger partial charge in [0.05, 0.1) is 59.8 Å². The van der Waals surface area contributed by atoms with Crippen LogP contribution < -0.4 is 57.7 Å². The van der Waals surface area contributed by atoms with Crippen LogP contribution in [0.3, 0.4) is 0 Å². The number of aliphatic carboxylic acids is 2. The van der Waals surface area contributed by atoms with Crippen LogP contribution in [-0.2, 0) is 136 Å². The van der Waals surface area contributed by atoms with Gasteiger partial charge < -0.3 is 111 Å². The van der Waals surface area contributed by atoms with Crippen LogP contribution in [0.15, 0.2) is 97.2 Å². The number of ether oxygens (including phenoxy) is 4. The van der Waals surface area contributed by atoms with Crippen molar-refractivity contribution in [1.29, 1.82) is 0 Å². The number of unbranched alkanes of at least 4 members (excludes halogenated alkanes) is 15. The number of aliphatic hydroxyl groups excluding tert-OH is 1. The van der Waals surface area contributed by atoms with E-state index in [0.29, 0.717) is 134 Å². The molecule has 4 aromatic carbocycles. The quantitative estimate of drug-likeness (QED) is 0.0103. The summed E-state index contributed by atoms with van der Waals surface area (Å²) in [5.41, 5.74) is 2.64. The Bertz CT molecular complexity index is 5320. The zero-order valence-electron chi connectivity index (χ0n) is 87.5. The van der Waals surface area contributed by atoms with E-state index < -0.39 is 156 Å². The highest BCUT2D eigenvalue weighted by molar-refractivity contribution is 6.00. The maximum Gasteiger partial charge on any atom is 0.430 e. The molecule has 10 atom stereocenters. The molecule has 12 bridgehead atoms. The molecule has 6 aliphatic heterocycles. The molecule has 11 N–H and O–H groups in total. The maximum absolute atomic E-state index is 16.4. The van der Waals surface area contributed by atoms with Gasteiger partial charge in [0.25, 0.3) is 0 Å². The van der Waals surface area contributed by atoms with Gasteiger partial charge >= 0.3 is 12.1 Å². The van der Waals surface area contributed by atoms with Crippen molar-refractivity contribution in [1.82, 2.24) is 67.1 Å². The van der Waals surface area contributed by atoms with Crippen LogP contribution in [0.1, 0.15) is 253 Å². The van der Waals surface area contributed by atoms with Crippen LogP contribution >= 0.6 is 0 Å².